The summed E-state index contributed by atoms with van der Waals surface area (Å²) < 4.78 is 0.559. The number of urea groups is 1. The van der Waals surface area contributed by atoms with E-state index in [0.717, 1.165) is 51.4 Å². The Bertz CT molecular complexity index is 1760. The number of nitrogens with one attached hydrogen (secondary N) is 3. The number of carbonyl (C=O) groups excluding carboxylic acids is 1. The molecule has 2 unspecified atom stereocenters. The number of fused-ring (bicyclic) bond motifs is 1. The molecule has 0 saturated carbocycles. The van der Waals surface area contributed by atoms with Gasteiger partial charge in [0.15, 0.2) is 5.69 Å². The van der Waals surface area contributed by atoms with Gasteiger partial charge >= 0.3 is 6.03 Å². The second kappa shape index (κ2) is 11.7. The van der Waals surface area contributed by atoms with Crippen molar-refractivity contribution in [1.82, 2.24) is 25.1 Å². The molecule has 3 N–H and O–H groups in total. The third-order valence-corrected chi connectivity index (χ3v) is 7.88. The molecule has 0 bridgehead atoms. The molecule has 0 spiro atoms. The Morgan fingerprint density at radius 1 is 0.930 bits per heavy atom. The average molecular weight is 571 g/mol. The maximum atomic E-state index is 13.6. The first-order chi connectivity index (χ1) is 20.8. The highest BCUT2D eigenvalue weighted by Crippen LogP contribution is 2.48. The molecule has 8 heteroatoms. The lowest BCUT2D eigenvalue weighted by Crippen LogP contribution is -2.45. The number of tetrazole rings is 1. The number of hydrogen-bond acceptors (Lipinski definition) is 4. The van der Waals surface area contributed by atoms with Crippen molar-refractivity contribution in [3.05, 3.63) is 120 Å². The third-order valence-electron chi connectivity index (χ3n) is 7.88. The summed E-state index contributed by atoms with van der Waals surface area (Å²) in [7, 11) is 2.21. The van der Waals surface area contributed by atoms with Crippen LogP contribution in [0.15, 0.2) is 103 Å². The number of hydrogen-bond donors (Lipinski definition) is 3. The number of anilines is 2. The van der Waals surface area contributed by atoms with Crippen LogP contribution < -0.4 is 15.1 Å². The van der Waals surface area contributed by atoms with Crippen LogP contribution >= 0.6 is 0 Å². The van der Waals surface area contributed by atoms with Crippen LogP contribution in [-0.2, 0) is 0 Å². The largest absolute Gasteiger partial charge is 0.323 e. The number of aromatic nitrogens is 4. The fourth-order valence-electron chi connectivity index (χ4n) is 6.16. The molecule has 43 heavy (non-hydrogen) atoms. The lowest BCUT2D eigenvalue weighted by atomic mass is 9.83. The highest BCUT2D eigenvalue weighted by atomic mass is 16.2. The van der Waals surface area contributed by atoms with Gasteiger partial charge in [-0.1, -0.05) is 86.1 Å². The van der Waals surface area contributed by atoms with Crippen molar-refractivity contribution in [3.63, 3.8) is 0 Å². The molecule has 216 valence electrons. The Kier molecular flexibility index (Phi) is 7.61. The molecule has 1 aromatic heterocycles. The Morgan fingerprint density at radius 3 is 2.35 bits per heavy atom. The number of benzene rings is 4. The van der Waals surface area contributed by atoms with Crippen molar-refractivity contribution in [1.29, 1.82) is 0 Å². The van der Waals surface area contributed by atoms with E-state index in [-0.39, 0.29) is 11.9 Å². The van der Waals surface area contributed by atoms with Gasteiger partial charge in [-0.25, -0.2) is 4.79 Å². The fourth-order valence-corrected chi connectivity index (χ4v) is 6.16. The van der Waals surface area contributed by atoms with Crippen LogP contribution in [0.1, 0.15) is 36.5 Å². The van der Waals surface area contributed by atoms with E-state index < -0.39 is 0 Å². The van der Waals surface area contributed by atoms with Crippen molar-refractivity contribution in [2.24, 2.45) is 5.92 Å². The molecule has 2 heterocycles. The second-order valence-electron chi connectivity index (χ2n) is 11.8. The van der Waals surface area contributed by atoms with Gasteiger partial charge < -0.3 is 10.6 Å². The highest BCUT2D eigenvalue weighted by Gasteiger charge is 2.38. The number of allylic oxidation sites excluding steroid dienone is 1. The zero-order chi connectivity index (χ0) is 30.0. The summed E-state index contributed by atoms with van der Waals surface area (Å²) in [5.41, 5.74) is 8.79. The first kappa shape index (κ1) is 28.1. The third kappa shape index (κ3) is 5.82. The predicted molar refractivity (Wildman–Crippen MR) is 174 cm³/mol. The fraction of sp³-hybridized carbons (Fsp3) is 0.200. The first-order valence-electron chi connectivity index (χ1n) is 14.6. The number of aromatic amines is 1. The van der Waals surface area contributed by atoms with Crippen LogP contribution in [0.2, 0.25) is 0 Å². The van der Waals surface area contributed by atoms with Crippen molar-refractivity contribution < 1.29 is 4.79 Å². The Labute approximate surface area is 252 Å². The molecule has 1 aliphatic heterocycles. The minimum Gasteiger partial charge on any atom is -0.308 e. The van der Waals surface area contributed by atoms with Gasteiger partial charge in [0.25, 0.3) is 0 Å². The number of carbonyl (C=O) groups is 1. The van der Waals surface area contributed by atoms with E-state index in [2.05, 4.69) is 107 Å². The summed E-state index contributed by atoms with van der Waals surface area (Å²) in [6.45, 7) is 7.36. The van der Waals surface area contributed by atoms with E-state index in [1.807, 2.05) is 55.5 Å². The number of amides is 2. The van der Waals surface area contributed by atoms with E-state index >= 15 is 0 Å². The van der Waals surface area contributed by atoms with E-state index in [0.29, 0.717) is 16.2 Å². The van der Waals surface area contributed by atoms with Crippen LogP contribution in [-0.4, -0.2) is 40.2 Å². The molecule has 5 aromatic rings. The number of rotatable bonds is 7. The van der Waals surface area contributed by atoms with Crippen LogP contribution in [0.5, 0.6) is 0 Å². The molecule has 0 saturated heterocycles. The van der Waals surface area contributed by atoms with Gasteiger partial charge in [-0.15, -0.1) is 10.2 Å². The SMILES string of the molecule is Cc1ccc(NC(=O)Nc2cc(-c3ccccc3-c3nn[nH]n3)cc3c2[N+](C)(CC(C)C)C=CC3c2ccccc2)cc1. The van der Waals surface area contributed by atoms with Crippen molar-refractivity contribution in [2.75, 3.05) is 24.2 Å². The summed E-state index contributed by atoms with van der Waals surface area (Å²) in [5, 5.41) is 21.2. The lowest BCUT2D eigenvalue weighted by molar-refractivity contribution is 0.262. The van der Waals surface area contributed by atoms with Gasteiger partial charge in [0, 0.05) is 28.7 Å². The van der Waals surface area contributed by atoms with Crippen molar-refractivity contribution >= 4 is 23.1 Å². The topological polar surface area (TPSA) is 95.6 Å². The summed E-state index contributed by atoms with van der Waals surface area (Å²) in [5.74, 6) is 0.941. The van der Waals surface area contributed by atoms with Crippen LogP contribution in [0.4, 0.5) is 21.9 Å². The summed E-state index contributed by atoms with van der Waals surface area (Å²) in [6, 6.07) is 30.4. The standard InChI is InChI=1S/C35H35N7O/c1-23(2)22-42(4)19-18-29(25-10-6-5-7-11-25)31-20-26(28-12-8-9-13-30(28)34-38-40-41-39-34)21-32(33(31)42)37-35(43)36-27-16-14-24(3)15-17-27/h5-21,23,29H,22H2,1-4H3,(H2-,36,37,38,39,40,41,43)/p+1. The van der Waals surface area contributed by atoms with Crippen molar-refractivity contribution in [2.45, 2.75) is 26.7 Å². The zero-order valence-corrected chi connectivity index (χ0v) is 24.9. The average Bonchev–Trinajstić information content (AvgIpc) is 3.53. The Hall–Kier alpha value is -5.08. The minimum absolute atomic E-state index is 0.00700. The van der Waals surface area contributed by atoms with Gasteiger partial charge in [0.2, 0.25) is 5.82 Å². The summed E-state index contributed by atoms with van der Waals surface area (Å²) in [6.07, 6.45) is 4.57. The molecule has 2 amide bonds. The molecular formula is C35H36N7O+. The van der Waals surface area contributed by atoms with Crippen LogP contribution in [0.3, 0.4) is 0 Å². The van der Waals surface area contributed by atoms with Crippen LogP contribution in [0, 0.1) is 12.8 Å². The lowest BCUT2D eigenvalue weighted by Gasteiger charge is -2.39. The first-order valence-corrected chi connectivity index (χ1v) is 14.6. The second-order valence-corrected chi connectivity index (χ2v) is 11.8. The Morgan fingerprint density at radius 2 is 1.65 bits per heavy atom. The molecular weight excluding hydrogens is 534 g/mol. The number of H-pyrrole nitrogens is 1. The number of quaternary nitrogens is 1. The smallest absolute Gasteiger partial charge is 0.308 e. The molecule has 0 radical (unpaired) electrons. The summed E-state index contributed by atoms with van der Waals surface area (Å²) in [4.78, 5) is 13.6. The highest BCUT2D eigenvalue weighted by molar-refractivity contribution is 6.03. The van der Waals surface area contributed by atoms with E-state index in [1.54, 1.807) is 0 Å². The van der Waals surface area contributed by atoms with E-state index in [4.69, 9.17) is 0 Å². The zero-order valence-electron chi connectivity index (χ0n) is 24.9. The van der Waals surface area contributed by atoms with Gasteiger partial charge in [0.1, 0.15) is 5.69 Å². The monoisotopic (exact) mass is 570 g/mol. The molecule has 1 aliphatic rings. The quantitative estimate of drug-likeness (QED) is 0.174. The maximum absolute atomic E-state index is 13.6. The van der Waals surface area contributed by atoms with Crippen LogP contribution in [0.25, 0.3) is 22.5 Å². The predicted octanol–water partition coefficient (Wildman–Crippen LogP) is 7.74. The van der Waals surface area contributed by atoms with E-state index in [9.17, 15) is 4.79 Å². The normalized spacial score (nSPS) is 17.5. The van der Waals surface area contributed by atoms with Gasteiger partial charge in [-0.3, -0.25) is 4.48 Å². The number of nitrogens with zero attached hydrogens (tertiary/aromatic N) is 4. The van der Waals surface area contributed by atoms with Gasteiger partial charge in [0.05, 0.1) is 19.8 Å². The molecule has 0 fully saturated rings. The molecule has 4 aromatic carbocycles. The molecule has 2 atom stereocenters. The van der Waals surface area contributed by atoms with E-state index in [1.165, 1.54) is 5.56 Å². The molecule has 0 aliphatic carbocycles. The van der Waals surface area contributed by atoms with Gasteiger partial charge in [-0.05, 0) is 59.2 Å². The minimum atomic E-state index is -0.295. The Balaban J connectivity index is 1.55. The van der Waals surface area contributed by atoms with Crippen molar-refractivity contribution in [3.8, 4) is 22.5 Å². The number of aryl methyl sites for hydroxylation is 1. The van der Waals surface area contributed by atoms with Gasteiger partial charge in [-0.2, -0.15) is 5.21 Å². The summed E-state index contributed by atoms with van der Waals surface area (Å²) >= 11 is 0. The molecule has 6 rings (SSSR count). The maximum Gasteiger partial charge on any atom is 0.323 e. The molecule has 8 nitrogen and oxygen atoms in total.